The van der Waals surface area contributed by atoms with E-state index in [-0.39, 0.29) is 6.54 Å². The summed E-state index contributed by atoms with van der Waals surface area (Å²) >= 11 is 0. The second-order valence-corrected chi connectivity index (χ2v) is 3.09. The van der Waals surface area contributed by atoms with Gasteiger partial charge in [-0.1, -0.05) is 0 Å². The van der Waals surface area contributed by atoms with Crippen LogP contribution in [-0.2, 0) is 14.3 Å². The third-order valence-corrected chi connectivity index (χ3v) is 2.00. The molecule has 0 amide bonds. The van der Waals surface area contributed by atoms with Gasteiger partial charge in [-0.05, 0) is 6.92 Å². The number of carboxylic acid groups (broad SMARTS) is 1. The summed E-state index contributed by atoms with van der Waals surface area (Å²) in [7, 11) is 0. The molecule has 0 heterocycles. The van der Waals surface area contributed by atoms with Crippen LogP contribution in [0, 0.1) is 5.92 Å². The first-order valence-corrected chi connectivity index (χ1v) is 3.64. The van der Waals surface area contributed by atoms with E-state index >= 15 is 0 Å². The second-order valence-electron chi connectivity index (χ2n) is 3.09. The van der Waals surface area contributed by atoms with E-state index in [4.69, 9.17) is 15.6 Å². The van der Waals surface area contributed by atoms with Crippen LogP contribution in [0.2, 0.25) is 0 Å². The zero-order chi connectivity index (χ0) is 9.35. The van der Waals surface area contributed by atoms with E-state index in [2.05, 4.69) is 0 Å². The molecule has 0 spiro atoms. The Bertz CT molecular complexity index is 227. The summed E-state index contributed by atoms with van der Waals surface area (Å²) in [6.45, 7) is 1.39. The van der Waals surface area contributed by atoms with Crippen LogP contribution in [0.4, 0.5) is 0 Å². The first kappa shape index (κ1) is 8.99. The second kappa shape index (κ2) is 2.75. The van der Waals surface area contributed by atoms with Gasteiger partial charge in [0.15, 0.2) is 0 Å². The van der Waals surface area contributed by atoms with Crippen molar-refractivity contribution in [2.45, 2.75) is 18.9 Å². The predicted octanol–water partition coefficient (Wildman–Crippen LogP) is -0.648. The molecule has 68 valence electrons. The topological polar surface area (TPSA) is 89.6 Å². The summed E-state index contributed by atoms with van der Waals surface area (Å²) in [4.78, 5) is 21.1. The third-order valence-electron chi connectivity index (χ3n) is 2.00. The zero-order valence-corrected chi connectivity index (χ0v) is 6.74. The Morgan fingerprint density at radius 3 is 2.67 bits per heavy atom. The summed E-state index contributed by atoms with van der Waals surface area (Å²) in [6.07, 6.45) is 0.383. The first-order chi connectivity index (χ1) is 5.49. The van der Waals surface area contributed by atoms with E-state index < -0.39 is 23.5 Å². The molecule has 5 nitrogen and oxygen atoms in total. The van der Waals surface area contributed by atoms with Crippen molar-refractivity contribution in [3.63, 3.8) is 0 Å². The fourth-order valence-electron chi connectivity index (χ4n) is 1.11. The van der Waals surface area contributed by atoms with Gasteiger partial charge in [0.05, 0.1) is 12.5 Å². The lowest BCUT2D eigenvalue weighted by atomic mass is 10.3. The van der Waals surface area contributed by atoms with Gasteiger partial charge in [0.25, 0.3) is 0 Å². The minimum atomic E-state index is -0.928. The van der Waals surface area contributed by atoms with Gasteiger partial charge in [-0.2, -0.15) is 0 Å². The number of nitrogens with two attached hydrogens (primary N) is 1. The smallest absolute Gasteiger partial charge is 0.320 e. The van der Waals surface area contributed by atoms with Crippen LogP contribution < -0.4 is 5.73 Å². The maximum Gasteiger partial charge on any atom is 0.320 e. The highest BCUT2D eigenvalue weighted by Gasteiger charge is 2.58. The molecule has 0 bridgehead atoms. The minimum absolute atomic E-state index is 0.206. The Balaban J connectivity index is 2.45. The van der Waals surface area contributed by atoms with Gasteiger partial charge in [-0.25, -0.2) is 0 Å². The average Bonchev–Trinajstić information content (AvgIpc) is 2.62. The number of carbonyl (C=O) groups is 2. The maximum absolute atomic E-state index is 10.7. The number of carboxylic acids is 1. The predicted molar refractivity (Wildman–Crippen MR) is 39.3 cm³/mol. The normalized spacial score (nSPS) is 32.7. The standard InChI is InChI=1S/C7H11NO4/c1-7(12-5(9)3-8)2-4(7)6(10)11/h4H,2-3,8H2,1H3,(H,10,11)/t4-,7+/m1/s1. The summed E-state index contributed by atoms with van der Waals surface area (Å²) in [5.74, 6) is -2.04. The molecule has 1 rings (SSSR count). The molecule has 1 fully saturated rings. The SMILES string of the molecule is C[C@]1(OC(=O)CN)C[C@@H]1C(=O)O. The molecule has 0 radical (unpaired) electrons. The molecule has 2 atom stereocenters. The van der Waals surface area contributed by atoms with Crippen LogP contribution >= 0.6 is 0 Å². The van der Waals surface area contributed by atoms with Crippen molar-refractivity contribution in [3.8, 4) is 0 Å². The highest BCUT2D eigenvalue weighted by atomic mass is 16.6. The minimum Gasteiger partial charge on any atom is -0.481 e. The number of carbonyl (C=O) groups excluding carboxylic acids is 1. The quantitative estimate of drug-likeness (QED) is 0.553. The fraction of sp³-hybridized carbons (Fsp3) is 0.714. The Hall–Kier alpha value is -1.10. The summed E-state index contributed by atoms with van der Waals surface area (Å²) in [6, 6.07) is 0. The summed E-state index contributed by atoms with van der Waals surface area (Å²) in [5, 5.41) is 8.55. The number of ether oxygens (including phenoxy) is 1. The van der Waals surface area contributed by atoms with E-state index in [1.54, 1.807) is 6.92 Å². The van der Waals surface area contributed by atoms with E-state index in [0.29, 0.717) is 6.42 Å². The molecule has 0 saturated heterocycles. The van der Waals surface area contributed by atoms with Gasteiger partial charge in [0, 0.05) is 6.42 Å². The fourth-order valence-corrected chi connectivity index (χ4v) is 1.11. The number of esters is 1. The molecule has 0 unspecified atom stereocenters. The van der Waals surface area contributed by atoms with Crippen molar-refractivity contribution in [1.82, 2.24) is 0 Å². The summed E-state index contributed by atoms with van der Waals surface area (Å²) < 4.78 is 4.83. The van der Waals surface area contributed by atoms with Crippen molar-refractivity contribution in [2.75, 3.05) is 6.54 Å². The highest BCUT2D eigenvalue weighted by molar-refractivity contribution is 5.78. The molecule has 0 aromatic heterocycles. The molecule has 12 heavy (non-hydrogen) atoms. The molecule has 1 aliphatic carbocycles. The Morgan fingerprint density at radius 1 is 1.75 bits per heavy atom. The number of hydrogen-bond acceptors (Lipinski definition) is 4. The maximum atomic E-state index is 10.7. The number of aliphatic carboxylic acids is 1. The number of rotatable bonds is 3. The van der Waals surface area contributed by atoms with E-state index in [1.165, 1.54) is 0 Å². The molecule has 0 aliphatic heterocycles. The average molecular weight is 173 g/mol. The van der Waals surface area contributed by atoms with Gasteiger partial charge in [-0.15, -0.1) is 0 Å². The van der Waals surface area contributed by atoms with Crippen LogP contribution in [0.25, 0.3) is 0 Å². The number of hydrogen-bond donors (Lipinski definition) is 2. The van der Waals surface area contributed by atoms with Gasteiger partial charge in [0.1, 0.15) is 5.60 Å². The van der Waals surface area contributed by atoms with Crippen molar-refractivity contribution in [3.05, 3.63) is 0 Å². The molecule has 3 N–H and O–H groups in total. The van der Waals surface area contributed by atoms with Gasteiger partial charge in [-0.3, -0.25) is 9.59 Å². The van der Waals surface area contributed by atoms with Crippen molar-refractivity contribution in [1.29, 1.82) is 0 Å². The Kier molecular flexibility index (Phi) is 2.06. The Morgan fingerprint density at radius 2 is 2.33 bits per heavy atom. The molecule has 5 heteroatoms. The van der Waals surface area contributed by atoms with Gasteiger partial charge < -0.3 is 15.6 Å². The zero-order valence-electron chi connectivity index (χ0n) is 6.74. The van der Waals surface area contributed by atoms with E-state index in [0.717, 1.165) is 0 Å². The first-order valence-electron chi connectivity index (χ1n) is 3.64. The molecule has 1 aliphatic rings. The van der Waals surface area contributed by atoms with Crippen molar-refractivity contribution < 1.29 is 19.4 Å². The molecular formula is C7H11NO4. The van der Waals surface area contributed by atoms with Crippen LogP contribution in [0.5, 0.6) is 0 Å². The largest absolute Gasteiger partial charge is 0.481 e. The monoisotopic (exact) mass is 173 g/mol. The van der Waals surface area contributed by atoms with Gasteiger partial charge in [0.2, 0.25) is 0 Å². The van der Waals surface area contributed by atoms with Crippen LogP contribution in [-0.4, -0.2) is 29.2 Å². The van der Waals surface area contributed by atoms with Crippen molar-refractivity contribution >= 4 is 11.9 Å². The van der Waals surface area contributed by atoms with E-state index in [1.807, 2.05) is 0 Å². The third kappa shape index (κ3) is 1.55. The van der Waals surface area contributed by atoms with Gasteiger partial charge >= 0.3 is 11.9 Å². The highest BCUT2D eigenvalue weighted by Crippen LogP contribution is 2.46. The van der Waals surface area contributed by atoms with Crippen LogP contribution in [0.15, 0.2) is 0 Å². The van der Waals surface area contributed by atoms with E-state index in [9.17, 15) is 9.59 Å². The van der Waals surface area contributed by atoms with Crippen LogP contribution in [0.1, 0.15) is 13.3 Å². The Labute approximate surface area is 69.5 Å². The molecule has 0 aromatic carbocycles. The molecule has 1 saturated carbocycles. The lowest BCUT2D eigenvalue weighted by molar-refractivity contribution is -0.151. The molecule has 0 aromatic rings. The molecular weight excluding hydrogens is 162 g/mol. The van der Waals surface area contributed by atoms with Crippen LogP contribution in [0.3, 0.4) is 0 Å². The summed E-state index contributed by atoms with van der Waals surface area (Å²) in [5.41, 5.74) is 4.19. The van der Waals surface area contributed by atoms with Crippen molar-refractivity contribution in [2.24, 2.45) is 11.7 Å². The lowest BCUT2D eigenvalue weighted by Crippen LogP contribution is -2.26. The lowest BCUT2D eigenvalue weighted by Gasteiger charge is -2.10.